The summed E-state index contributed by atoms with van der Waals surface area (Å²) >= 11 is 0. The first-order valence-electron chi connectivity index (χ1n) is 8.62. The maximum Gasteiger partial charge on any atom is 0.270 e. The molecule has 1 aliphatic rings. The molecular formula is C20H17FN4O3. The molecule has 0 spiro atoms. The summed E-state index contributed by atoms with van der Waals surface area (Å²) < 4.78 is 23.7. The fraction of sp³-hybridized carbons (Fsp3) is 0.150. The molecule has 0 saturated carbocycles. The van der Waals surface area contributed by atoms with Crippen molar-refractivity contribution in [2.75, 3.05) is 12.1 Å². The fourth-order valence-electron chi connectivity index (χ4n) is 2.75. The normalized spacial score (nSPS) is 11.9. The van der Waals surface area contributed by atoms with E-state index in [2.05, 4.69) is 20.6 Å². The van der Waals surface area contributed by atoms with Crippen molar-refractivity contribution in [1.29, 1.82) is 0 Å². The Balaban J connectivity index is 1.45. The lowest BCUT2D eigenvalue weighted by molar-refractivity contribution is 0.0945. The van der Waals surface area contributed by atoms with Gasteiger partial charge in [-0.25, -0.2) is 14.4 Å². The number of fused-ring (bicyclic) bond motifs is 1. The van der Waals surface area contributed by atoms with Crippen molar-refractivity contribution in [2.45, 2.75) is 13.5 Å². The molecule has 142 valence electrons. The van der Waals surface area contributed by atoms with Crippen LogP contribution < -0.4 is 20.1 Å². The first-order valence-corrected chi connectivity index (χ1v) is 8.62. The first-order chi connectivity index (χ1) is 13.6. The van der Waals surface area contributed by atoms with Gasteiger partial charge in [0, 0.05) is 18.3 Å². The van der Waals surface area contributed by atoms with Gasteiger partial charge in [-0.05, 0) is 48.9 Å². The minimum absolute atomic E-state index is 0.204. The third kappa shape index (κ3) is 4.01. The van der Waals surface area contributed by atoms with Gasteiger partial charge in [-0.1, -0.05) is 6.07 Å². The van der Waals surface area contributed by atoms with Crippen LogP contribution in [0.4, 0.5) is 15.9 Å². The van der Waals surface area contributed by atoms with Crippen molar-refractivity contribution in [1.82, 2.24) is 15.3 Å². The van der Waals surface area contributed by atoms with Crippen LogP contribution in [0.2, 0.25) is 0 Å². The van der Waals surface area contributed by atoms with Crippen molar-refractivity contribution in [3.8, 4) is 11.5 Å². The molecule has 0 aliphatic carbocycles. The number of hydrogen-bond donors (Lipinski definition) is 2. The zero-order valence-corrected chi connectivity index (χ0v) is 15.0. The number of benzene rings is 2. The highest BCUT2D eigenvalue weighted by Crippen LogP contribution is 2.32. The Labute approximate surface area is 160 Å². The molecule has 0 radical (unpaired) electrons. The number of aromatic nitrogens is 2. The van der Waals surface area contributed by atoms with Crippen LogP contribution in [-0.4, -0.2) is 22.7 Å². The van der Waals surface area contributed by atoms with Gasteiger partial charge in [-0.15, -0.1) is 0 Å². The molecule has 1 aliphatic heterocycles. The highest BCUT2D eigenvalue weighted by Gasteiger charge is 2.15. The van der Waals surface area contributed by atoms with E-state index >= 15 is 0 Å². The van der Waals surface area contributed by atoms with Crippen LogP contribution in [0.5, 0.6) is 11.5 Å². The van der Waals surface area contributed by atoms with Crippen molar-refractivity contribution >= 4 is 17.4 Å². The molecule has 2 heterocycles. The lowest BCUT2D eigenvalue weighted by atomic mass is 10.2. The summed E-state index contributed by atoms with van der Waals surface area (Å²) in [5, 5.41) is 5.87. The lowest BCUT2D eigenvalue weighted by Crippen LogP contribution is -2.24. The summed E-state index contributed by atoms with van der Waals surface area (Å²) in [6.45, 7) is 2.22. The lowest BCUT2D eigenvalue weighted by Gasteiger charge is -2.09. The number of halogens is 1. The molecule has 0 bridgehead atoms. The van der Waals surface area contributed by atoms with Gasteiger partial charge in [0.05, 0.1) is 0 Å². The number of hydrogen-bond acceptors (Lipinski definition) is 6. The van der Waals surface area contributed by atoms with E-state index in [1.165, 1.54) is 12.1 Å². The maximum absolute atomic E-state index is 13.0. The summed E-state index contributed by atoms with van der Waals surface area (Å²) in [5.41, 5.74) is 1.78. The average molecular weight is 380 g/mol. The molecule has 0 unspecified atom stereocenters. The quantitative estimate of drug-likeness (QED) is 0.706. The Morgan fingerprint density at radius 3 is 2.68 bits per heavy atom. The molecule has 2 aromatic carbocycles. The first kappa shape index (κ1) is 17.7. The fourth-order valence-corrected chi connectivity index (χ4v) is 2.75. The molecule has 0 atom stereocenters. The molecule has 1 aromatic heterocycles. The van der Waals surface area contributed by atoms with Crippen molar-refractivity contribution in [3.63, 3.8) is 0 Å². The van der Waals surface area contributed by atoms with Crippen LogP contribution in [0.25, 0.3) is 0 Å². The number of carbonyl (C=O) groups is 1. The smallest absolute Gasteiger partial charge is 0.270 e. The summed E-state index contributed by atoms with van der Waals surface area (Å²) in [5.74, 6) is 1.60. The average Bonchev–Trinajstić information content (AvgIpc) is 3.15. The summed E-state index contributed by atoms with van der Waals surface area (Å²) in [6, 6.07) is 12.9. The molecular weight excluding hydrogens is 363 g/mol. The van der Waals surface area contributed by atoms with Gasteiger partial charge in [-0.2, -0.15) is 0 Å². The molecule has 2 N–H and O–H groups in total. The highest BCUT2D eigenvalue weighted by atomic mass is 19.1. The number of anilines is 2. The predicted molar refractivity (Wildman–Crippen MR) is 100 cm³/mol. The summed E-state index contributed by atoms with van der Waals surface area (Å²) in [7, 11) is 0. The number of carbonyl (C=O) groups excluding carboxylic acids is 1. The minimum Gasteiger partial charge on any atom is -0.454 e. The van der Waals surface area contributed by atoms with Gasteiger partial charge in [0.1, 0.15) is 23.2 Å². The zero-order chi connectivity index (χ0) is 19.5. The molecule has 8 heteroatoms. The zero-order valence-electron chi connectivity index (χ0n) is 15.0. The summed E-state index contributed by atoms with van der Waals surface area (Å²) in [6.07, 6.45) is 0. The van der Waals surface area contributed by atoms with Crippen molar-refractivity contribution in [2.24, 2.45) is 0 Å². The number of rotatable bonds is 5. The van der Waals surface area contributed by atoms with E-state index in [1.54, 1.807) is 25.1 Å². The van der Waals surface area contributed by atoms with Crippen LogP contribution in [0.3, 0.4) is 0 Å². The number of ether oxygens (including phenoxy) is 2. The SMILES string of the molecule is Cc1nc(Nc2ccc(F)cc2)cc(C(=O)NCc2ccc3c(c2)OCO3)n1. The Hall–Kier alpha value is -3.68. The largest absolute Gasteiger partial charge is 0.454 e. The van der Waals surface area contributed by atoms with Crippen molar-refractivity contribution in [3.05, 3.63) is 71.4 Å². The molecule has 28 heavy (non-hydrogen) atoms. The Morgan fingerprint density at radius 1 is 1.07 bits per heavy atom. The van der Waals surface area contributed by atoms with Gasteiger partial charge in [0.25, 0.3) is 5.91 Å². The van der Waals surface area contributed by atoms with Gasteiger partial charge in [0.15, 0.2) is 11.5 Å². The van der Waals surface area contributed by atoms with Gasteiger partial charge < -0.3 is 20.1 Å². The molecule has 0 fully saturated rings. The Kier molecular flexibility index (Phi) is 4.76. The molecule has 7 nitrogen and oxygen atoms in total. The molecule has 4 rings (SSSR count). The van der Waals surface area contributed by atoms with Crippen molar-refractivity contribution < 1.29 is 18.7 Å². The van der Waals surface area contributed by atoms with Crippen LogP contribution in [0, 0.1) is 12.7 Å². The van der Waals surface area contributed by atoms with E-state index in [0.717, 1.165) is 5.56 Å². The van der Waals surface area contributed by atoms with Crippen LogP contribution in [-0.2, 0) is 6.54 Å². The van der Waals surface area contributed by atoms with Crippen LogP contribution in [0.1, 0.15) is 21.9 Å². The predicted octanol–water partition coefficient (Wildman–Crippen LogP) is 3.33. The third-order valence-electron chi connectivity index (χ3n) is 4.08. The second-order valence-corrected chi connectivity index (χ2v) is 6.19. The van der Waals surface area contributed by atoms with Gasteiger partial charge in [0.2, 0.25) is 6.79 Å². The highest BCUT2D eigenvalue weighted by molar-refractivity contribution is 5.93. The standard InChI is InChI=1S/C20H17FN4O3/c1-12-23-16(9-19(24-12)25-15-5-3-14(21)4-6-15)20(26)22-10-13-2-7-17-18(8-13)28-11-27-17/h2-9H,10-11H2,1H3,(H,22,26)(H,23,24,25). The van der Waals surface area contributed by atoms with Crippen LogP contribution >= 0.6 is 0 Å². The van der Waals surface area contributed by atoms with E-state index < -0.39 is 0 Å². The van der Waals surface area contributed by atoms with E-state index in [-0.39, 0.29) is 24.2 Å². The monoisotopic (exact) mass is 380 g/mol. The summed E-state index contributed by atoms with van der Waals surface area (Å²) in [4.78, 5) is 21.0. The minimum atomic E-state index is -0.328. The van der Waals surface area contributed by atoms with Gasteiger partial charge >= 0.3 is 0 Å². The Bertz CT molecular complexity index is 1020. The molecule has 3 aromatic rings. The number of nitrogens with one attached hydrogen (secondary N) is 2. The van der Waals surface area contributed by atoms with E-state index in [1.807, 2.05) is 18.2 Å². The number of nitrogens with zero attached hydrogens (tertiary/aromatic N) is 2. The Morgan fingerprint density at radius 2 is 1.86 bits per heavy atom. The van der Waals surface area contributed by atoms with Gasteiger partial charge in [-0.3, -0.25) is 4.79 Å². The molecule has 1 amide bonds. The second-order valence-electron chi connectivity index (χ2n) is 6.19. The number of aryl methyl sites for hydroxylation is 1. The van der Waals surface area contributed by atoms with E-state index in [9.17, 15) is 9.18 Å². The van der Waals surface area contributed by atoms with E-state index in [4.69, 9.17) is 9.47 Å². The topological polar surface area (TPSA) is 85.4 Å². The van der Waals surface area contributed by atoms with Crippen LogP contribution in [0.15, 0.2) is 48.5 Å². The third-order valence-corrected chi connectivity index (χ3v) is 4.08. The van der Waals surface area contributed by atoms with E-state index in [0.29, 0.717) is 35.4 Å². The second kappa shape index (κ2) is 7.51. The molecule has 0 saturated heterocycles. The number of amides is 1. The maximum atomic E-state index is 13.0.